The second kappa shape index (κ2) is 14.4. The van der Waals surface area contributed by atoms with E-state index in [2.05, 4.69) is 27.9 Å². The van der Waals surface area contributed by atoms with E-state index < -0.39 is 0 Å². The molecule has 24 heavy (non-hydrogen) atoms. The lowest BCUT2D eigenvalue weighted by atomic mass is 9.95. The molecule has 3 heteroatoms. The molecule has 1 N–H and O–H groups in total. The third kappa shape index (κ3) is 10.9. The predicted octanol–water partition coefficient (Wildman–Crippen LogP) is 1.77. The fourth-order valence-electron chi connectivity index (χ4n) is 3.89. The minimum Gasteiger partial charge on any atom is -1.00 e. The van der Waals surface area contributed by atoms with Gasteiger partial charge in [0.25, 0.3) is 0 Å². The summed E-state index contributed by atoms with van der Waals surface area (Å²) in [5.74, 6) is 0. The number of unbranched alkanes of at least 4 members (excludes halogenated alkanes) is 12. The molecule has 0 amide bonds. The summed E-state index contributed by atoms with van der Waals surface area (Å²) in [6.45, 7) is 5.55. The highest BCUT2D eigenvalue weighted by molar-refractivity contribution is 4.94. The number of hydrogen-bond donors (Lipinski definition) is 1. The fourth-order valence-corrected chi connectivity index (χ4v) is 3.89. The summed E-state index contributed by atoms with van der Waals surface area (Å²) in [5, 5.41) is 0. The van der Waals surface area contributed by atoms with Crippen molar-refractivity contribution in [1.29, 1.82) is 0 Å². The maximum absolute atomic E-state index is 5.66. The Morgan fingerprint density at radius 3 is 1.50 bits per heavy atom. The molecule has 0 bridgehead atoms. The van der Waals surface area contributed by atoms with Crippen molar-refractivity contribution in [1.82, 2.24) is 0 Å². The zero-order valence-electron chi connectivity index (χ0n) is 17.0. The Hall–Kier alpha value is 0.210. The Labute approximate surface area is 158 Å². The summed E-state index contributed by atoms with van der Waals surface area (Å²) in [4.78, 5) is 1.56. The van der Waals surface area contributed by atoms with E-state index in [1.807, 2.05) is 0 Å². The van der Waals surface area contributed by atoms with Gasteiger partial charge in [0.05, 0.1) is 20.7 Å². The van der Waals surface area contributed by atoms with Crippen LogP contribution >= 0.6 is 0 Å². The zero-order valence-corrected chi connectivity index (χ0v) is 17.7. The van der Waals surface area contributed by atoms with Gasteiger partial charge in [-0.15, -0.1) is 0 Å². The second-order valence-electron chi connectivity index (χ2n) is 8.26. The number of likely N-dealkylation sites (N-methyl/N-ethyl adjacent to an activating group) is 1. The number of ether oxygens (including phenoxy) is 1. The molecular formula is C21H44ClNO. The van der Waals surface area contributed by atoms with Crippen LogP contribution in [0.2, 0.25) is 0 Å². The van der Waals surface area contributed by atoms with E-state index in [4.69, 9.17) is 4.74 Å². The molecule has 1 rings (SSSR count). The molecule has 2 atom stereocenters. The first-order chi connectivity index (χ1) is 11.1. The quantitative estimate of drug-likeness (QED) is 0.327. The molecule has 0 aromatic heterocycles. The first kappa shape index (κ1) is 24.2. The van der Waals surface area contributed by atoms with E-state index >= 15 is 0 Å². The number of hydrogen-bond acceptors (Lipinski definition) is 1. The van der Waals surface area contributed by atoms with Crippen molar-refractivity contribution in [2.45, 2.75) is 115 Å². The van der Waals surface area contributed by atoms with Gasteiger partial charge in [-0.1, -0.05) is 84.0 Å². The molecule has 0 aromatic carbocycles. The number of quaternary nitrogens is 1. The van der Waals surface area contributed by atoms with E-state index in [1.54, 1.807) is 4.90 Å². The average Bonchev–Trinajstić information content (AvgIpc) is 3.25. The van der Waals surface area contributed by atoms with Gasteiger partial charge in [0.1, 0.15) is 11.6 Å². The van der Waals surface area contributed by atoms with E-state index in [0.717, 1.165) is 6.61 Å². The van der Waals surface area contributed by atoms with Gasteiger partial charge in [0, 0.05) is 6.42 Å². The minimum absolute atomic E-state index is 0. The van der Waals surface area contributed by atoms with E-state index in [-0.39, 0.29) is 18.0 Å². The molecule has 0 saturated carbocycles. The molecule has 146 valence electrons. The third-order valence-electron chi connectivity index (χ3n) is 5.63. The van der Waals surface area contributed by atoms with Crippen LogP contribution in [0.4, 0.5) is 0 Å². The van der Waals surface area contributed by atoms with Crippen molar-refractivity contribution in [3.05, 3.63) is 0 Å². The summed E-state index contributed by atoms with van der Waals surface area (Å²) in [5.41, 5.74) is 0.190. The molecule has 0 radical (unpaired) electrons. The van der Waals surface area contributed by atoms with Crippen molar-refractivity contribution in [3.8, 4) is 0 Å². The number of nitrogens with one attached hydrogen (secondary N) is 1. The fraction of sp³-hybridized carbons (Fsp3) is 1.00. The molecular weight excluding hydrogens is 318 g/mol. The Bertz CT molecular complexity index is 279. The molecule has 0 spiro atoms. The van der Waals surface area contributed by atoms with Crippen LogP contribution in [0.15, 0.2) is 0 Å². The normalized spacial score (nSPS) is 20.9. The summed E-state index contributed by atoms with van der Waals surface area (Å²) in [7, 11) is 4.56. The van der Waals surface area contributed by atoms with Crippen LogP contribution in [0.5, 0.6) is 0 Å². The highest BCUT2D eigenvalue weighted by atomic mass is 35.5. The smallest absolute Gasteiger partial charge is 0.140 e. The largest absolute Gasteiger partial charge is 1.00 e. The van der Waals surface area contributed by atoms with Gasteiger partial charge in [-0.05, 0) is 13.3 Å². The summed E-state index contributed by atoms with van der Waals surface area (Å²) >= 11 is 0. The number of halogens is 1. The lowest BCUT2D eigenvalue weighted by molar-refractivity contribution is -0.890. The first-order valence-corrected chi connectivity index (χ1v) is 10.5. The van der Waals surface area contributed by atoms with Crippen molar-refractivity contribution in [2.24, 2.45) is 0 Å². The first-order valence-electron chi connectivity index (χ1n) is 10.5. The minimum atomic E-state index is 0. The maximum atomic E-state index is 5.66. The third-order valence-corrected chi connectivity index (χ3v) is 5.63. The van der Waals surface area contributed by atoms with Crippen LogP contribution in [-0.4, -0.2) is 32.3 Å². The predicted molar refractivity (Wildman–Crippen MR) is 101 cm³/mol. The van der Waals surface area contributed by atoms with Crippen LogP contribution in [0.3, 0.4) is 0 Å². The van der Waals surface area contributed by atoms with Crippen LogP contribution in [-0.2, 0) is 4.74 Å². The van der Waals surface area contributed by atoms with Crippen molar-refractivity contribution < 1.29 is 22.0 Å². The highest BCUT2D eigenvalue weighted by Crippen LogP contribution is 2.31. The Kier molecular flexibility index (Phi) is 14.5. The molecule has 2 unspecified atom stereocenters. The van der Waals surface area contributed by atoms with Gasteiger partial charge in [0.15, 0.2) is 0 Å². The van der Waals surface area contributed by atoms with Crippen molar-refractivity contribution >= 4 is 0 Å². The molecule has 1 heterocycles. The van der Waals surface area contributed by atoms with E-state index in [9.17, 15) is 0 Å². The van der Waals surface area contributed by atoms with E-state index in [0.29, 0.717) is 6.04 Å². The summed E-state index contributed by atoms with van der Waals surface area (Å²) < 4.78 is 5.66. The molecule has 1 fully saturated rings. The molecule has 1 aliphatic rings. The molecule has 1 saturated heterocycles. The number of epoxide rings is 1. The van der Waals surface area contributed by atoms with Gasteiger partial charge < -0.3 is 22.0 Å². The van der Waals surface area contributed by atoms with Crippen LogP contribution in [0.25, 0.3) is 0 Å². The van der Waals surface area contributed by atoms with Crippen molar-refractivity contribution in [3.63, 3.8) is 0 Å². The summed E-state index contributed by atoms with van der Waals surface area (Å²) in [6.07, 6.45) is 20.0. The van der Waals surface area contributed by atoms with Gasteiger partial charge in [-0.3, -0.25) is 0 Å². The Morgan fingerprint density at radius 1 is 0.792 bits per heavy atom. The van der Waals surface area contributed by atoms with E-state index in [1.165, 1.54) is 89.9 Å². The molecule has 0 aliphatic carbocycles. The van der Waals surface area contributed by atoms with Gasteiger partial charge in [-0.2, -0.15) is 0 Å². The van der Waals surface area contributed by atoms with Crippen LogP contribution in [0.1, 0.15) is 104 Å². The number of rotatable bonds is 16. The molecule has 1 aliphatic heterocycles. The SMILES string of the molecule is CCCCCCCCCCCCCCCC([NH+](C)C)C1(C)CO1.[Cl-]. The Balaban J connectivity index is 0.00000529. The zero-order chi connectivity index (χ0) is 17.0. The lowest BCUT2D eigenvalue weighted by Crippen LogP contribution is -3.11. The highest BCUT2D eigenvalue weighted by Gasteiger charge is 2.50. The van der Waals surface area contributed by atoms with Gasteiger partial charge >= 0.3 is 0 Å². The summed E-state index contributed by atoms with van der Waals surface area (Å²) in [6, 6.07) is 0.690. The standard InChI is InChI=1S/C21H43NO.ClH/c1-5-6-7-8-9-10-11-12-13-14-15-16-17-18-20(22(3)4)21(2)19-23-21;/h20H,5-19H2,1-4H3;1H. The Morgan fingerprint density at radius 2 is 1.17 bits per heavy atom. The molecule has 0 aromatic rings. The molecule has 2 nitrogen and oxygen atoms in total. The van der Waals surface area contributed by atoms with Crippen LogP contribution < -0.4 is 17.3 Å². The van der Waals surface area contributed by atoms with Crippen LogP contribution in [0, 0.1) is 0 Å². The lowest BCUT2D eigenvalue weighted by Gasteiger charge is -2.24. The average molecular weight is 362 g/mol. The monoisotopic (exact) mass is 361 g/mol. The van der Waals surface area contributed by atoms with Crippen molar-refractivity contribution in [2.75, 3.05) is 20.7 Å². The maximum Gasteiger partial charge on any atom is 0.140 e. The topological polar surface area (TPSA) is 17.0 Å². The van der Waals surface area contributed by atoms with Gasteiger partial charge in [0.2, 0.25) is 0 Å². The second-order valence-corrected chi connectivity index (χ2v) is 8.26. The van der Waals surface area contributed by atoms with Gasteiger partial charge in [-0.25, -0.2) is 0 Å².